The van der Waals surface area contributed by atoms with Crippen molar-refractivity contribution in [2.75, 3.05) is 46.4 Å². The summed E-state index contributed by atoms with van der Waals surface area (Å²) >= 11 is 0. The molecule has 3 heterocycles. The van der Waals surface area contributed by atoms with Crippen molar-refractivity contribution >= 4 is 30.7 Å². The third kappa shape index (κ3) is 4.59. The van der Waals surface area contributed by atoms with Crippen LogP contribution in [0.3, 0.4) is 0 Å². The highest BCUT2D eigenvalue weighted by molar-refractivity contribution is 5.93. The number of ether oxygens (including phenoxy) is 1. The zero-order valence-corrected chi connectivity index (χ0v) is 15.2. The van der Waals surface area contributed by atoms with Crippen LogP contribution in [0.5, 0.6) is 0 Å². The van der Waals surface area contributed by atoms with Crippen LogP contribution in [0, 0.1) is 0 Å². The zero-order chi connectivity index (χ0) is 15.6. The van der Waals surface area contributed by atoms with Crippen molar-refractivity contribution in [2.45, 2.75) is 18.6 Å². The van der Waals surface area contributed by atoms with Gasteiger partial charge in [-0.15, -0.1) is 24.8 Å². The van der Waals surface area contributed by atoms with Crippen molar-refractivity contribution in [3.05, 3.63) is 17.0 Å². The Morgan fingerprint density at radius 3 is 3.04 bits per heavy atom. The summed E-state index contributed by atoms with van der Waals surface area (Å²) in [7, 11) is 1.57. The van der Waals surface area contributed by atoms with Gasteiger partial charge >= 0.3 is 0 Å². The molecule has 2 aliphatic rings. The number of hydrogen-bond donors (Lipinski definition) is 3. The van der Waals surface area contributed by atoms with Crippen molar-refractivity contribution in [3.63, 3.8) is 0 Å². The van der Waals surface area contributed by atoms with Crippen LogP contribution in [-0.4, -0.2) is 73.1 Å². The van der Waals surface area contributed by atoms with Crippen molar-refractivity contribution in [2.24, 2.45) is 0 Å². The first-order valence-corrected chi connectivity index (χ1v) is 7.54. The molecular weight excluding hydrogens is 359 g/mol. The maximum absolute atomic E-state index is 11.8. The van der Waals surface area contributed by atoms with Crippen molar-refractivity contribution in [1.82, 2.24) is 20.7 Å². The fourth-order valence-corrected chi connectivity index (χ4v) is 2.99. The largest absolute Gasteiger partial charge is 0.385 e. The number of carbonyl (C=O) groups is 1. The Kier molecular flexibility index (Phi) is 7.91. The molecule has 1 aromatic rings. The number of rotatable bonds is 3. The minimum absolute atomic E-state index is 0. The molecule has 1 fully saturated rings. The van der Waals surface area contributed by atoms with Gasteiger partial charge < -0.3 is 25.0 Å². The fraction of sp³-hybridized carbons (Fsp3) is 0.714. The molecule has 8 nitrogen and oxygen atoms in total. The van der Waals surface area contributed by atoms with Gasteiger partial charge in [0.1, 0.15) is 11.4 Å². The van der Waals surface area contributed by atoms with Gasteiger partial charge in [0.15, 0.2) is 5.69 Å². The van der Waals surface area contributed by atoms with E-state index in [1.165, 1.54) is 0 Å². The molecule has 0 aromatic carbocycles. The van der Waals surface area contributed by atoms with Crippen LogP contribution in [0.25, 0.3) is 0 Å². The smallest absolute Gasteiger partial charge is 0.273 e. The van der Waals surface area contributed by atoms with Gasteiger partial charge in [-0.25, -0.2) is 0 Å². The van der Waals surface area contributed by atoms with Crippen LogP contribution in [-0.2, 0) is 17.7 Å². The fourth-order valence-electron chi connectivity index (χ4n) is 2.99. The molecule has 1 aromatic heterocycles. The Morgan fingerprint density at radius 2 is 2.29 bits per heavy atom. The van der Waals surface area contributed by atoms with Gasteiger partial charge in [-0.3, -0.25) is 9.69 Å². The second kappa shape index (κ2) is 8.98. The van der Waals surface area contributed by atoms with E-state index in [0.717, 1.165) is 24.4 Å². The molecule has 10 heteroatoms. The van der Waals surface area contributed by atoms with Gasteiger partial charge in [-0.2, -0.15) is 0 Å². The van der Waals surface area contributed by atoms with Crippen LogP contribution < -0.4 is 10.6 Å². The Hall–Kier alpha value is -0.900. The highest BCUT2D eigenvalue weighted by Crippen LogP contribution is 2.24. The number of amides is 1. The molecular formula is C14H24Cl2N4O4. The Balaban J connectivity index is 0.00000144. The van der Waals surface area contributed by atoms with Crippen molar-refractivity contribution in [1.29, 1.82) is 0 Å². The van der Waals surface area contributed by atoms with Crippen molar-refractivity contribution in [3.8, 4) is 0 Å². The summed E-state index contributed by atoms with van der Waals surface area (Å²) in [6.45, 7) is 3.97. The van der Waals surface area contributed by atoms with Crippen LogP contribution >= 0.6 is 24.8 Å². The summed E-state index contributed by atoms with van der Waals surface area (Å²) in [6, 6.07) is 0. The number of fused-ring (bicyclic) bond motifs is 1. The van der Waals surface area contributed by atoms with Gasteiger partial charge in [0.25, 0.3) is 5.91 Å². The van der Waals surface area contributed by atoms with Crippen LogP contribution in [0.15, 0.2) is 4.52 Å². The standard InChI is InChI=1S/C14H22N4O4.2ClH/c1-15-13(19)12-10-6-18(4-2-11(10)22-17-12)8-14(20)7-16-3-5-21-9-14;;/h16,20H,2-9H2,1H3,(H,15,19);2*1H. The summed E-state index contributed by atoms with van der Waals surface area (Å²) in [4.78, 5) is 13.9. The molecule has 1 atom stereocenters. The number of aromatic nitrogens is 1. The third-order valence-electron chi connectivity index (χ3n) is 4.11. The highest BCUT2D eigenvalue weighted by Gasteiger charge is 2.34. The number of nitrogens with one attached hydrogen (secondary N) is 2. The molecule has 0 saturated carbocycles. The first-order valence-electron chi connectivity index (χ1n) is 7.54. The monoisotopic (exact) mass is 382 g/mol. The zero-order valence-electron chi connectivity index (χ0n) is 13.5. The predicted octanol–water partition coefficient (Wildman–Crippen LogP) is -0.413. The Bertz CT molecular complexity index is 547. The topological polar surface area (TPSA) is 99.9 Å². The Morgan fingerprint density at radius 1 is 1.50 bits per heavy atom. The van der Waals surface area contributed by atoms with E-state index in [1.807, 2.05) is 0 Å². The second-order valence-corrected chi connectivity index (χ2v) is 5.93. The lowest BCUT2D eigenvalue weighted by molar-refractivity contribution is -0.0514. The van der Waals surface area contributed by atoms with E-state index in [4.69, 9.17) is 9.26 Å². The normalized spacial score (nSPS) is 24.1. The van der Waals surface area contributed by atoms with Crippen LogP contribution in [0.4, 0.5) is 0 Å². The molecule has 3 rings (SSSR count). The molecule has 0 aliphatic carbocycles. The third-order valence-corrected chi connectivity index (χ3v) is 4.11. The van der Waals surface area contributed by atoms with Gasteiger partial charge in [-0.05, 0) is 0 Å². The maximum Gasteiger partial charge on any atom is 0.273 e. The van der Waals surface area contributed by atoms with E-state index in [9.17, 15) is 9.90 Å². The molecule has 24 heavy (non-hydrogen) atoms. The Labute approximate surface area is 153 Å². The molecule has 1 unspecified atom stereocenters. The molecule has 0 radical (unpaired) electrons. The maximum atomic E-state index is 11.8. The van der Waals surface area contributed by atoms with Gasteiger partial charge in [0.05, 0.1) is 13.2 Å². The van der Waals surface area contributed by atoms with Crippen LogP contribution in [0.1, 0.15) is 21.8 Å². The summed E-state index contributed by atoms with van der Waals surface area (Å²) in [5, 5.41) is 20.3. The van der Waals surface area contributed by atoms with E-state index in [2.05, 4.69) is 20.7 Å². The number of β-amino-alcohol motifs (C(OH)–C–C–N with tert-alkyl or cyclic N) is 1. The molecule has 1 saturated heterocycles. The lowest BCUT2D eigenvalue weighted by Crippen LogP contribution is -2.52. The highest BCUT2D eigenvalue weighted by atomic mass is 35.5. The van der Waals surface area contributed by atoms with E-state index in [0.29, 0.717) is 45.0 Å². The SMILES string of the molecule is CNC(=O)c1noc2c1CN(CC1(O)CNCCOC1)CC2.Cl.Cl. The molecule has 0 spiro atoms. The number of carbonyl (C=O) groups excluding carboxylic acids is 1. The average molecular weight is 383 g/mol. The lowest BCUT2D eigenvalue weighted by atomic mass is 10.0. The number of aliphatic hydroxyl groups is 1. The number of halogens is 2. The van der Waals surface area contributed by atoms with Gasteiger partial charge in [-0.1, -0.05) is 5.16 Å². The molecule has 3 N–H and O–H groups in total. The first-order chi connectivity index (χ1) is 10.6. The van der Waals surface area contributed by atoms with E-state index in [-0.39, 0.29) is 30.7 Å². The minimum atomic E-state index is -0.918. The minimum Gasteiger partial charge on any atom is -0.385 e. The summed E-state index contributed by atoms with van der Waals surface area (Å²) in [6.07, 6.45) is 0.684. The van der Waals surface area contributed by atoms with Crippen LogP contribution in [0.2, 0.25) is 0 Å². The van der Waals surface area contributed by atoms with E-state index in [1.54, 1.807) is 7.05 Å². The summed E-state index contributed by atoms with van der Waals surface area (Å²) in [5.74, 6) is 0.516. The molecule has 138 valence electrons. The quantitative estimate of drug-likeness (QED) is 0.652. The number of nitrogens with zero attached hydrogens (tertiary/aromatic N) is 2. The van der Waals surface area contributed by atoms with Gasteiger partial charge in [0, 0.05) is 51.8 Å². The average Bonchev–Trinajstić information content (AvgIpc) is 2.81. The summed E-state index contributed by atoms with van der Waals surface area (Å²) < 4.78 is 10.7. The summed E-state index contributed by atoms with van der Waals surface area (Å²) in [5.41, 5.74) is 0.236. The van der Waals surface area contributed by atoms with Crippen molar-refractivity contribution < 1.29 is 19.2 Å². The molecule has 0 bridgehead atoms. The first kappa shape index (κ1) is 21.1. The number of hydrogen-bond acceptors (Lipinski definition) is 7. The van der Waals surface area contributed by atoms with E-state index >= 15 is 0 Å². The molecule has 1 amide bonds. The van der Waals surface area contributed by atoms with E-state index < -0.39 is 5.60 Å². The molecule has 2 aliphatic heterocycles. The second-order valence-electron chi connectivity index (χ2n) is 5.93. The lowest BCUT2D eigenvalue weighted by Gasteiger charge is -2.34. The predicted molar refractivity (Wildman–Crippen MR) is 92.0 cm³/mol. The van der Waals surface area contributed by atoms with Gasteiger partial charge in [0.2, 0.25) is 0 Å².